The van der Waals surface area contributed by atoms with Gasteiger partial charge in [-0.2, -0.15) is 0 Å². The average molecular weight is 412 g/mol. The molecule has 4 saturated carbocycles. The number of hydrogen-bond donors (Lipinski definition) is 3. The van der Waals surface area contributed by atoms with Gasteiger partial charge >= 0.3 is 0 Å². The Labute approximate surface area is 178 Å². The summed E-state index contributed by atoms with van der Waals surface area (Å²) in [5.41, 5.74) is 6.43. The van der Waals surface area contributed by atoms with Crippen molar-refractivity contribution < 1.29 is 14.4 Å². The van der Waals surface area contributed by atoms with E-state index in [1.54, 1.807) is 12.1 Å². The quantitative estimate of drug-likeness (QED) is 0.476. The van der Waals surface area contributed by atoms with Crippen molar-refractivity contribution in [3.63, 3.8) is 0 Å². The maximum absolute atomic E-state index is 12.9. The monoisotopic (exact) mass is 411 g/mol. The fourth-order valence-electron chi connectivity index (χ4n) is 6.18. The third-order valence-electron chi connectivity index (χ3n) is 7.33. The molecular formula is C24H33N3O3. The van der Waals surface area contributed by atoms with Gasteiger partial charge < -0.3 is 5.32 Å². The highest BCUT2D eigenvalue weighted by Crippen LogP contribution is 2.60. The third-order valence-corrected chi connectivity index (χ3v) is 7.33. The van der Waals surface area contributed by atoms with Crippen LogP contribution in [0.2, 0.25) is 0 Å². The van der Waals surface area contributed by atoms with Crippen LogP contribution in [0.3, 0.4) is 0 Å². The molecule has 0 atom stereocenters. The summed E-state index contributed by atoms with van der Waals surface area (Å²) in [6.45, 7) is 2.56. The summed E-state index contributed by atoms with van der Waals surface area (Å²) in [6.07, 6.45) is 8.85. The van der Waals surface area contributed by atoms with Gasteiger partial charge in [0.15, 0.2) is 0 Å². The lowest BCUT2D eigenvalue weighted by Crippen LogP contribution is -2.53. The zero-order chi connectivity index (χ0) is 21.1. The van der Waals surface area contributed by atoms with E-state index in [0.717, 1.165) is 49.0 Å². The molecule has 5 rings (SSSR count). The molecule has 0 aromatic heterocycles. The van der Waals surface area contributed by atoms with Crippen LogP contribution in [0, 0.1) is 23.2 Å². The second kappa shape index (κ2) is 8.78. The number of carbonyl (C=O) groups is 3. The van der Waals surface area contributed by atoms with Crippen molar-refractivity contribution in [1.82, 2.24) is 16.2 Å². The Hall–Kier alpha value is -2.37. The minimum absolute atomic E-state index is 0.141. The maximum Gasteiger partial charge on any atom is 0.269 e. The molecule has 4 aliphatic carbocycles. The number of hydrogen-bond acceptors (Lipinski definition) is 3. The summed E-state index contributed by atoms with van der Waals surface area (Å²) in [5, 5.41) is 3.09. The van der Waals surface area contributed by atoms with Gasteiger partial charge in [-0.05, 0) is 86.8 Å². The molecule has 0 saturated heterocycles. The Morgan fingerprint density at radius 1 is 0.933 bits per heavy atom. The molecular weight excluding hydrogens is 378 g/mol. The lowest BCUT2D eigenvalue weighted by Gasteiger charge is -2.55. The van der Waals surface area contributed by atoms with Gasteiger partial charge in [0, 0.05) is 23.9 Å². The summed E-state index contributed by atoms with van der Waals surface area (Å²) < 4.78 is 0. The number of hydrazine groups is 1. The third kappa shape index (κ3) is 4.52. The number of benzene rings is 1. The van der Waals surface area contributed by atoms with E-state index < -0.39 is 0 Å². The molecule has 1 aromatic rings. The van der Waals surface area contributed by atoms with E-state index >= 15 is 0 Å². The van der Waals surface area contributed by atoms with Crippen LogP contribution in [-0.2, 0) is 16.0 Å². The molecule has 6 nitrogen and oxygen atoms in total. The first-order valence-corrected chi connectivity index (χ1v) is 11.4. The van der Waals surface area contributed by atoms with E-state index in [1.807, 2.05) is 12.1 Å². The molecule has 4 bridgehead atoms. The lowest BCUT2D eigenvalue weighted by molar-refractivity contribution is -0.146. The van der Waals surface area contributed by atoms with Crippen molar-refractivity contribution in [3.8, 4) is 0 Å². The molecule has 3 N–H and O–H groups in total. The van der Waals surface area contributed by atoms with Crippen LogP contribution < -0.4 is 16.2 Å². The smallest absolute Gasteiger partial charge is 0.269 e. The van der Waals surface area contributed by atoms with Gasteiger partial charge in [0.25, 0.3) is 5.91 Å². The van der Waals surface area contributed by atoms with Crippen LogP contribution in [0.15, 0.2) is 24.3 Å². The largest absolute Gasteiger partial charge is 0.356 e. The van der Waals surface area contributed by atoms with Gasteiger partial charge in [-0.25, -0.2) is 0 Å². The van der Waals surface area contributed by atoms with Crippen molar-refractivity contribution in [2.75, 3.05) is 6.54 Å². The minimum Gasteiger partial charge on any atom is -0.356 e. The number of amides is 3. The van der Waals surface area contributed by atoms with E-state index in [2.05, 4.69) is 23.1 Å². The first-order chi connectivity index (χ1) is 14.5. The van der Waals surface area contributed by atoms with Crippen LogP contribution in [-0.4, -0.2) is 24.3 Å². The Kier molecular flexibility index (Phi) is 6.11. The second-order valence-corrected chi connectivity index (χ2v) is 9.61. The van der Waals surface area contributed by atoms with Gasteiger partial charge in [-0.15, -0.1) is 0 Å². The van der Waals surface area contributed by atoms with Crippen molar-refractivity contribution in [2.24, 2.45) is 23.2 Å². The minimum atomic E-state index is -0.332. The summed E-state index contributed by atoms with van der Waals surface area (Å²) >= 11 is 0. The molecule has 4 aliphatic rings. The Bertz CT molecular complexity index is 767. The number of aryl methyl sites for hydroxylation is 1. The summed E-state index contributed by atoms with van der Waals surface area (Å²) in [6, 6.07) is 7.31. The van der Waals surface area contributed by atoms with E-state index in [0.29, 0.717) is 18.5 Å². The fraction of sp³-hybridized carbons (Fsp3) is 0.625. The standard InChI is InChI=1S/C24H33N3O3/c1-2-16-5-7-20(8-6-16)22(29)27-26-21(28)4-3-9-25-23(30)24-13-17-10-18(14-24)12-19(11-17)15-24/h5-8,17-19H,2-4,9-15H2,1H3,(H,25,30)(H,26,28)(H,27,29). The fourth-order valence-corrected chi connectivity index (χ4v) is 6.18. The molecule has 0 unspecified atom stereocenters. The van der Waals surface area contributed by atoms with Gasteiger partial charge in [0.05, 0.1) is 0 Å². The molecule has 0 aliphatic heterocycles. The van der Waals surface area contributed by atoms with Gasteiger partial charge in [0.1, 0.15) is 0 Å². The van der Waals surface area contributed by atoms with Crippen molar-refractivity contribution >= 4 is 17.7 Å². The van der Waals surface area contributed by atoms with Gasteiger partial charge in [0.2, 0.25) is 11.8 Å². The van der Waals surface area contributed by atoms with Crippen LogP contribution in [0.1, 0.15) is 74.2 Å². The molecule has 0 radical (unpaired) electrons. The summed E-state index contributed by atoms with van der Waals surface area (Å²) in [7, 11) is 0. The number of nitrogens with one attached hydrogen (secondary N) is 3. The zero-order valence-electron chi connectivity index (χ0n) is 17.8. The van der Waals surface area contributed by atoms with Crippen LogP contribution >= 0.6 is 0 Å². The first kappa shape index (κ1) is 20.9. The normalized spacial score (nSPS) is 28.8. The van der Waals surface area contributed by atoms with Gasteiger partial charge in [-0.3, -0.25) is 25.2 Å². The molecule has 162 valence electrons. The van der Waals surface area contributed by atoms with Gasteiger partial charge in [-0.1, -0.05) is 19.1 Å². The summed E-state index contributed by atoms with van der Waals surface area (Å²) in [4.78, 5) is 37.0. The van der Waals surface area contributed by atoms with Crippen LogP contribution in [0.4, 0.5) is 0 Å². The van der Waals surface area contributed by atoms with Crippen molar-refractivity contribution in [1.29, 1.82) is 0 Å². The molecule has 0 heterocycles. The highest BCUT2D eigenvalue weighted by molar-refractivity contribution is 5.95. The van der Waals surface area contributed by atoms with Crippen LogP contribution in [0.25, 0.3) is 0 Å². The number of carbonyl (C=O) groups excluding carboxylic acids is 3. The predicted octanol–water partition coefficient (Wildman–Crippen LogP) is 3.12. The Balaban J connectivity index is 1.15. The maximum atomic E-state index is 12.9. The van der Waals surface area contributed by atoms with E-state index in [4.69, 9.17) is 0 Å². The van der Waals surface area contributed by atoms with E-state index in [9.17, 15) is 14.4 Å². The van der Waals surface area contributed by atoms with E-state index in [-0.39, 0.29) is 29.6 Å². The number of rotatable bonds is 7. The molecule has 3 amide bonds. The molecule has 4 fully saturated rings. The molecule has 6 heteroatoms. The average Bonchev–Trinajstić information content (AvgIpc) is 2.74. The first-order valence-electron chi connectivity index (χ1n) is 11.4. The Morgan fingerprint density at radius 3 is 2.10 bits per heavy atom. The second-order valence-electron chi connectivity index (χ2n) is 9.61. The topological polar surface area (TPSA) is 87.3 Å². The van der Waals surface area contributed by atoms with Crippen molar-refractivity contribution in [2.45, 2.75) is 64.7 Å². The zero-order valence-corrected chi connectivity index (χ0v) is 17.8. The Morgan fingerprint density at radius 2 is 1.53 bits per heavy atom. The summed E-state index contributed by atoms with van der Waals surface area (Å²) in [5.74, 6) is 1.85. The van der Waals surface area contributed by atoms with Crippen LogP contribution in [0.5, 0.6) is 0 Å². The predicted molar refractivity (Wildman–Crippen MR) is 114 cm³/mol. The highest BCUT2D eigenvalue weighted by atomic mass is 16.2. The van der Waals surface area contributed by atoms with E-state index in [1.165, 1.54) is 19.3 Å². The molecule has 1 aromatic carbocycles. The molecule has 30 heavy (non-hydrogen) atoms. The lowest BCUT2D eigenvalue weighted by atomic mass is 9.49. The van der Waals surface area contributed by atoms with Crippen molar-refractivity contribution in [3.05, 3.63) is 35.4 Å². The molecule has 0 spiro atoms. The SMILES string of the molecule is CCc1ccc(C(=O)NNC(=O)CCCNC(=O)C23CC4CC(CC(C4)C2)C3)cc1. The highest BCUT2D eigenvalue weighted by Gasteiger charge is 2.54.